The van der Waals surface area contributed by atoms with Crippen LogP contribution >= 0.6 is 0 Å². The highest BCUT2D eigenvalue weighted by atomic mass is 16.5. The molecule has 5 aromatic rings. The van der Waals surface area contributed by atoms with Crippen LogP contribution in [-0.2, 0) is 20.0 Å². The number of fused-ring (bicyclic) bond motifs is 2. The molecule has 0 bridgehead atoms. The average molecular weight is 427 g/mol. The molecule has 0 saturated heterocycles. The summed E-state index contributed by atoms with van der Waals surface area (Å²) in [5.41, 5.74) is 4.81. The number of methoxy groups -OCH3 is 1. The Kier molecular flexibility index (Phi) is 5.37. The maximum absolute atomic E-state index is 5.39. The summed E-state index contributed by atoms with van der Waals surface area (Å²) in [4.78, 5) is 12.2. The number of hydrogen-bond acceptors (Lipinski definition) is 5. The number of ether oxygens (including phenoxy) is 1. The van der Waals surface area contributed by atoms with Gasteiger partial charge >= 0.3 is 0 Å². The van der Waals surface area contributed by atoms with Crippen molar-refractivity contribution in [3.8, 4) is 5.75 Å². The molecule has 3 heterocycles. The molecule has 7 heteroatoms. The lowest BCUT2D eigenvalue weighted by molar-refractivity contribution is 0.415. The summed E-state index contributed by atoms with van der Waals surface area (Å²) >= 11 is 0. The van der Waals surface area contributed by atoms with Crippen LogP contribution in [0.15, 0.2) is 67.1 Å². The van der Waals surface area contributed by atoms with E-state index in [2.05, 4.69) is 79.8 Å². The van der Waals surface area contributed by atoms with Gasteiger partial charge in [-0.05, 0) is 65.4 Å². The third-order valence-electron chi connectivity index (χ3n) is 5.70. The molecule has 0 atom stereocenters. The maximum atomic E-state index is 5.39. The predicted molar refractivity (Wildman–Crippen MR) is 129 cm³/mol. The van der Waals surface area contributed by atoms with E-state index < -0.39 is 0 Å². The van der Waals surface area contributed by atoms with Crippen LogP contribution in [0.25, 0.3) is 21.8 Å². The Labute approximate surface area is 186 Å². The number of rotatable bonds is 8. The normalized spacial score (nSPS) is 11.2. The van der Waals surface area contributed by atoms with Crippen molar-refractivity contribution in [3.05, 3.63) is 78.2 Å². The second kappa shape index (κ2) is 8.63. The van der Waals surface area contributed by atoms with Crippen molar-refractivity contribution in [3.63, 3.8) is 0 Å². The van der Waals surface area contributed by atoms with Gasteiger partial charge in [-0.1, -0.05) is 6.07 Å². The molecule has 7 nitrogen and oxygen atoms in total. The summed E-state index contributed by atoms with van der Waals surface area (Å²) in [6.07, 6.45) is 6.77. The number of H-pyrrole nitrogens is 1. The Hall–Kier alpha value is -4.00. The lowest BCUT2D eigenvalue weighted by Gasteiger charge is -2.09. The molecule has 0 saturated carbocycles. The van der Waals surface area contributed by atoms with Crippen LogP contribution in [0.1, 0.15) is 11.1 Å². The molecular formula is C25H26N6O. The van der Waals surface area contributed by atoms with E-state index in [-0.39, 0.29) is 0 Å². The molecule has 0 radical (unpaired) electrons. The zero-order chi connectivity index (χ0) is 21.9. The van der Waals surface area contributed by atoms with Gasteiger partial charge in [0.25, 0.3) is 0 Å². The average Bonchev–Trinajstić information content (AvgIpc) is 3.41. The first-order chi connectivity index (χ1) is 15.7. The summed E-state index contributed by atoms with van der Waals surface area (Å²) in [7, 11) is 3.76. The fraction of sp³-hybridized carbons (Fsp3) is 0.200. The second-order valence-electron chi connectivity index (χ2n) is 7.84. The number of aryl methyl sites for hydroxylation is 1. The highest BCUT2D eigenvalue weighted by molar-refractivity contribution is 5.85. The van der Waals surface area contributed by atoms with E-state index in [4.69, 9.17) is 4.74 Å². The largest absolute Gasteiger partial charge is 0.497 e. The van der Waals surface area contributed by atoms with Crippen LogP contribution in [0.5, 0.6) is 5.75 Å². The fourth-order valence-electron chi connectivity index (χ4n) is 4.04. The van der Waals surface area contributed by atoms with E-state index in [1.165, 1.54) is 27.4 Å². The van der Waals surface area contributed by atoms with Crippen LogP contribution in [-0.4, -0.2) is 33.2 Å². The van der Waals surface area contributed by atoms with E-state index in [0.717, 1.165) is 30.0 Å². The Bertz CT molecular complexity index is 1370. The number of hydrogen-bond donors (Lipinski definition) is 3. The minimum Gasteiger partial charge on any atom is -0.497 e. The van der Waals surface area contributed by atoms with Gasteiger partial charge in [-0.2, -0.15) is 4.98 Å². The molecule has 3 N–H and O–H groups in total. The Morgan fingerprint density at radius 1 is 1.06 bits per heavy atom. The number of aromatic nitrogens is 4. The summed E-state index contributed by atoms with van der Waals surface area (Å²) in [5, 5.41) is 9.16. The zero-order valence-corrected chi connectivity index (χ0v) is 18.2. The lowest BCUT2D eigenvalue weighted by atomic mass is 10.1. The minimum atomic E-state index is 0.619. The molecular weight excluding hydrogens is 400 g/mol. The van der Waals surface area contributed by atoms with Gasteiger partial charge in [0.05, 0.1) is 7.11 Å². The molecule has 3 aromatic heterocycles. The highest BCUT2D eigenvalue weighted by Gasteiger charge is 2.08. The quantitative estimate of drug-likeness (QED) is 0.334. The SMILES string of the molecule is COc1ccc2c(c1)c(CCNc1nccc(NCc3ccc4[nH]ccc4c3)n1)cn2C. The van der Waals surface area contributed by atoms with Crippen molar-refractivity contribution in [2.45, 2.75) is 13.0 Å². The van der Waals surface area contributed by atoms with E-state index in [0.29, 0.717) is 12.5 Å². The Balaban J connectivity index is 1.21. The molecule has 0 aliphatic carbocycles. The second-order valence-corrected chi connectivity index (χ2v) is 7.84. The van der Waals surface area contributed by atoms with Gasteiger partial charge < -0.3 is 24.9 Å². The van der Waals surface area contributed by atoms with Crippen molar-refractivity contribution in [2.24, 2.45) is 7.05 Å². The van der Waals surface area contributed by atoms with Crippen LogP contribution < -0.4 is 15.4 Å². The molecule has 0 unspecified atom stereocenters. The van der Waals surface area contributed by atoms with Gasteiger partial charge in [-0.15, -0.1) is 0 Å². The molecule has 0 fully saturated rings. The van der Waals surface area contributed by atoms with Gasteiger partial charge in [-0.25, -0.2) is 4.98 Å². The molecule has 32 heavy (non-hydrogen) atoms. The van der Waals surface area contributed by atoms with E-state index in [1.54, 1.807) is 13.3 Å². The molecule has 0 amide bonds. The Morgan fingerprint density at radius 2 is 2.00 bits per heavy atom. The van der Waals surface area contributed by atoms with Crippen molar-refractivity contribution in [1.29, 1.82) is 0 Å². The lowest BCUT2D eigenvalue weighted by Crippen LogP contribution is -2.09. The smallest absolute Gasteiger partial charge is 0.224 e. The highest BCUT2D eigenvalue weighted by Crippen LogP contribution is 2.26. The van der Waals surface area contributed by atoms with Gasteiger partial charge in [0.15, 0.2) is 0 Å². The third kappa shape index (κ3) is 4.09. The van der Waals surface area contributed by atoms with Crippen LogP contribution in [0.3, 0.4) is 0 Å². The monoisotopic (exact) mass is 426 g/mol. The molecule has 5 rings (SSSR count). The predicted octanol–water partition coefficient (Wildman–Crippen LogP) is 4.72. The molecule has 0 spiro atoms. The number of benzene rings is 2. The van der Waals surface area contributed by atoms with Gasteiger partial charge in [-0.3, -0.25) is 0 Å². The topological polar surface area (TPSA) is 79.8 Å². The van der Waals surface area contributed by atoms with Crippen molar-refractivity contribution in [2.75, 3.05) is 24.3 Å². The van der Waals surface area contributed by atoms with Crippen molar-refractivity contribution >= 4 is 33.6 Å². The molecule has 0 aliphatic rings. The first kappa shape index (κ1) is 19.9. The maximum Gasteiger partial charge on any atom is 0.224 e. The summed E-state index contributed by atoms with van der Waals surface area (Å²) in [6.45, 7) is 1.44. The van der Waals surface area contributed by atoms with E-state index in [1.807, 2.05) is 18.3 Å². The van der Waals surface area contributed by atoms with Crippen LogP contribution in [0.2, 0.25) is 0 Å². The van der Waals surface area contributed by atoms with Crippen molar-refractivity contribution < 1.29 is 4.74 Å². The summed E-state index contributed by atoms with van der Waals surface area (Å²) in [5.74, 6) is 2.29. The minimum absolute atomic E-state index is 0.619. The first-order valence-electron chi connectivity index (χ1n) is 10.7. The number of anilines is 2. The van der Waals surface area contributed by atoms with E-state index in [9.17, 15) is 0 Å². The van der Waals surface area contributed by atoms with Crippen molar-refractivity contribution in [1.82, 2.24) is 19.5 Å². The van der Waals surface area contributed by atoms with Crippen LogP contribution in [0.4, 0.5) is 11.8 Å². The first-order valence-corrected chi connectivity index (χ1v) is 10.7. The molecule has 162 valence electrons. The zero-order valence-electron chi connectivity index (χ0n) is 18.2. The summed E-state index contributed by atoms with van der Waals surface area (Å²) < 4.78 is 7.54. The Morgan fingerprint density at radius 3 is 2.91 bits per heavy atom. The fourth-order valence-corrected chi connectivity index (χ4v) is 4.04. The molecule has 0 aliphatic heterocycles. The van der Waals surface area contributed by atoms with Crippen LogP contribution in [0, 0.1) is 0 Å². The number of nitrogens with one attached hydrogen (secondary N) is 3. The van der Waals surface area contributed by atoms with E-state index >= 15 is 0 Å². The summed E-state index contributed by atoms with van der Waals surface area (Å²) in [6, 6.07) is 16.5. The van der Waals surface area contributed by atoms with Gasteiger partial charge in [0.2, 0.25) is 5.95 Å². The number of nitrogens with zero attached hydrogens (tertiary/aromatic N) is 3. The number of aromatic amines is 1. The van der Waals surface area contributed by atoms with Gasteiger partial charge in [0, 0.05) is 55.1 Å². The standard InChI is InChI=1S/C25H26N6O/c1-31-16-19(21-14-20(32-2)4-6-23(21)31)8-11-27-25-28-12-9-24(30-25)29-15-17-3-5-22-18(13-17)7-10-26-22/h3-7,9-10,12-14,16,26H,8,11,15H2,1-2H3,(H2,27,28,29,30). The molecule has 2 aromatic carbocycles. The third-order valence-corrected chi connectivity index (χ3v) is 5.70. The van der Waals surface area contributed by atoms with Gasteiger partial charge in [0.1, 0.15) is 11.6 Å².